The van der Waals surface area contributed by atoms with E-state index in [-0.39, 0.29) is 46.3 Å². The minimum absolute atomic E-state index is 0. The van der Waals surface area contributed by atoms with E-state index in [4.69, 9.17) is 21.1 Å². The van der Waals surface area contributed by atoms with Crippen LogP contribution in [0.1, 0.15) is 20.8 Å². The molecular formula is C12H20NNaO6. The third kappa shape index (κ3) is 25.3. The summed E-state index contributed by atoms with van der Waals surface area (Å²) in [6.07, 6.45) is 1.06. The van der Waals surface area contributed by atoms with Crippen molar-refractivity contribution in [2.75, 3.05) is 0 Å². The molecule has 0 atom stereocenters. The van der Waals surface area contributed by atoms with Crippen LogP contribution in [0.4, 0.5) is 0 Å². The SMILES string of the molecule is C=C(C)C(=O)O.C=C(C)C(=O)O.CC(=CN)C(=O)O.[NaH]. The normalized spacial score (nSPS) is 8.45. The van der Waals surface area contributed by atoms with E-state index in [9.17, 15) is 14.4 Å². The second kappa shape index (κ2) is 15.5. The van der Waals surface area contributed by atoms with Crippen LogP contribution in [0.5, 0.6) is 0 Å². The van der Waals surface area contributed by atoms with Crippen molar-refractivity contribution >= 4 is 47.5 Å². The molecule has 0 saturated heterocycles. The summed E-state index contributed by atoms with van der Waals surface area (Å²) in [6.45, 7) is 10.6. The summed E-state index contributed by atoms with van der Waals surface area (Å²) in [5.41, 5.74) is 5.35. The Bertz CT molecular complexity index is 353. The molecule has 0 spiro atoms. The van der Waals surface area contributed by atoms with Gasteiger partial charge in [0.1, 0.15) is 0 Å². The van der Waals surface area contributed by atoms with Crippen molar-refractivity contribution in [3.05, 3.63) is 36.1 Å². The van der Waals surface area contributed by atoms with Crippen LogP contribution in [0.2, 0.25) is 0 Å². The summed E-state index contributed by atoms with van der Waals surface area (Å²) in [7, 11) is 0. The molecule has 0 unspecified atom stereocenters. The quantitative estimate of drug-likeness (QED) is 0.441. The molecule has 0 aromatic carbocycles. The predicted octanol–water partition coefficient (Wildman–Crippen LogP) is 0.579. The van der Waals surface area contributed by atoms with Gasteiger partial charge in [0, 0.05) is 22.9 Å². The molecule has 5 N–H and O–H groups in total. The molecule has 0 saturated carbocycles. The Hall–Kier alpha value is -1.57. The summed E-state index contributed by atoms with van der Waals surface area (Å²) in [6, 6.07) is 0. The first-order valence-corrected chi connectivity index (χ1v) is 4.86. The van der Waals surface area contributed by atoms with Gasteiger partial charge in [-0.25, -0.2) is 14.4 Å². The molecule has 0 aliphatic carbocycles. The fraction of sp³-hybridized carbons (Fsp3) is 0.250. The zero-order chi connectivity index (χ0) is 16.2. The van der Waals surface area contributed by atoms with E-state index in [1.807, 2.05) is 0 Å². The molecule has 0 aromatic heterocycles. The van der Waals surface area contributed by atoms with E-state index >= 15 is 0 Å². The maximum absolute atomic E-state index is 9.78. The Balaban J connectivity index is -0.0000000941. The van der Waals surface area contributed by atoms with Crippen LogP contribution in [-0.4, -0.2) is 62.8 Å². The number of carboxylic acids is 3. The van der Waals surface area contributed by atoms with E-state index in [1.54, 1.807) is 0 Å². The Kier molecular flexibility index (Phi) is 20.8. The Labute approximate surface area is 139 Å². The third-order valence-corrected chi connectivity index (χ3v) is 1.32. The van der Waals surface area contributed by atoms with Gasteiger partial charge in [0.25, 0.3) is 0 Å². The number of hydrogen-bond acceptors (Lipinski definition) is 4. The molecule has 0 rings (SSSR count). The Morgan fingerprint density at radius 1 is 0.850 bits per heavy atom. The van der Waals surface area contributed by atoms with Crippen molar-refractivity contribution in [2.24, 2.45) is 5.73 Å². The average Bonchev–Trinajstić information content (AvgIpc) is 2.29. The van der Waals surface area contributed by atoms with Crippen LogP contribution in [0.25, 0.3) is 0 Å². The Morgan fingerprint density at radius 2 is 1.05 bits per heavy atom. The molecule has 0 bridgehead atoms. The molecular weight excluding hydrogens is 277 g/mol. The van der Waals surface area contributed by atoms with Crippen LogP contribution in [-0.2, 0) is 14.4 Å². The van der Waals surface area contributed by atoms with E-state index in [2.05, 4.69) is 13.2 Å². The number of nitrogens with two attached hydrogens (primary N) is 1. The van der Waals surface area contributed by atoms with E-state index < -0.39 is 17.9 Å². The first kappa shape index (κ1) is 26.9. The van der Waals surface area contributed by atoms with Gasteiger partial charge >= 0.3 is 47.5 Å². The first-order valence-electron chi connectivity index (χ1n) is 4.86. The van der Waals surface area contributed by atoms with Crippen LogP contribution < -0.4 is 5.73 Å². The fourth-order valence-corrected chi connectivity index (χ4v) is 0.0713. The summed E-state index contributed by atoms with van der Waals surface area (Å²) in [4.78, 5) is 29.0. The molecule has 7 nitrogen and oxygen atoms in total. The van der Waals surface area contributed by atoms with Gasteiger partial charge in [-0.2, -0.15) is 0 Å². The molecule has 0 amide bonds. The van der Waals surface area contributed by atoms with Gasteiger partial charge in [-0.3, -0.25) is 0 Å². The van der Waals surface area contributed by atoms with Crippen molar-refractivity contribution in [1.82, 2.24) is 0 Å². The minimum atomic E-state index is -0.970. The van der Waals surface area contributed by atoms with Crippen molar-refractivity contribution in [3.8, 4) is 0 Å². The fourth-order valence-electron chi connectivity index (χ4n) is 0.0713. The number of rotatable bonds is 3. The van der Waals surface area contributed by atoms with E-state index in [0.29, 0.717) is 0 Å². The summed E-state index contributed by atoms with van der Waals surface area (Å²) >= 11 is 0. The van der Waals surface area contributed by atoms with Crippen molar-refractivity contribution in [2.45, 2.75) is 20.8 Å². The van der Waals surface area contributed by atoms with Gasteiger partial charge in [0.05, 0.1) is 0 Å². The van der Waals surface area contributed by atoms with Gasteiger partial charge in [0.2, 0.25) is 0 Å². The molecule has 0 heterocycles. The number of aliphatic carboxylic acids is 3. The summed E-state index contributed by atoms with van der Waals surface area (Å²) in [5, 5.41) is 23.8. The predicted molar refractivity (Wildman–Crippen MR) is 77.6 cm³/mol. The Morgan fingerprint density at radius 3 is 1.05 bits per heavy atom. The van der Waals surface area contributed by atoms with Crippen LogP contribution in [0.3, 0.4) is 0 Å². The maximum atomic E-state index is 9.78. The summed E-state index contributed by atoms with van der Waals surface area (Å²) < 4.78 is 0. The van der Waals surface area contributed by atoms with E-state index in [1.165, 1.54) is 20.8 Å². The molecule has 0 aliphatic heterocycles. The average molecular weight is 297 g/mol. The standard InChI is InChI=1S/C4H7NO2.2C4H6O2.Na.H/c1-3(2-5)4(6)7;2*1-3(2)4(5)6;;/h2H,5H2,1H3,(H,6,7);2*1H2,2H3,(H,5,6);;. The van der Waals surface area contributed by atoms with Crippen molar-refractivity contribution in [1.29, 1.82) is 0 Å². The topological polar surface area (TPSA) is 138 Å². The molecule has 110 valence electrons. The molecule has 0 fully saturated rings. The number of hydrogen-bond donors (Lipinski definition) is 4. The zero-order valence-corrected chi connectivity index (χ0v) is 11.1. The van der Waals surface area contributed by atoms with Gasteiger partial charge in [-0.15, -0.1) is 0 Å². The van der Waals surface area contributed by atoms with Crippen LogP contribution >= 0.6 is 0 Å². The number of carboxylic acid groups (broad SMARTS) is 3. The zero-order valence-electron chi connectivity index (χ0n) is 11.1. The van der Waals surface area contributed by atoms with Crippen molar-refractivity contribution in [3.63, 3.8) is 0 Å². The van der Waals surface area contributed by atoms with Gasteiger partial charge in [-0.05, 0) is 20.8 Å². The molecule has 20 heavy (non-hydrogen) atoms. The molecule has 0 aliphatic rings. The molecule has 0 radical (unpaired) electrons. The first-order chi connectivity index (χ1) is 8.47. The summed E-state index contributed by atoms with van der Waals surface area (Å²) in [5.74, 6) is -2.84. The third-order valence-electron chi connectivity index (χ3n) is 1.32. The van der Waals surface area contributed by atoms with Gasteiger partial charge in [0.15, 0.2) is 0 Å². The van der Waals surface area contributed by atoms with Gasteiger partial charge in [-0.1, -0.05) is 13.2 Å². The van der Waals surface area contributed by atoms with Crippen LogP contribution in [0.15, 0.2) is 36.1 Å². The molecule has 8 heteroatoms. The monoisotopic (exact) mass is 297 g/mol. The van der Waals surface area contributed by atoms with Crippen molar-refractivity contribution < 1.29 is 29.7 Å². The van der Waals surface area contributed by atoms with E-state index in [0.717, 1.165) is 6.20 Å². The molecule has 0 aromatic rings. The second-order valence-corrected chi connectivity index (χ2v) is 3.33. The van der Waals surface area contributed by atoms with Gasteiger partial charge < -0.3 is 21.1 Å². The number of carbonyl (C=O) groups is 3. The van der Waals surface area contributed by atoms with Crippen LogP contribution in [0, 0.1) is 0 Å². The second-order valence-electron chi connectivity index (χ2n) is 3.33.